The van der Waals surface area contributed by atoms with Crippen LogP contribution in [0, 0.1) is 6.92 Å². The minimum absolute atomic E-state index is 0.584. The molecule has 2 aromatic rings. The van der Waals surface area contributed by atoms with Crippen molar-refractivity contribution in [2.75, 3.05) is 13.1 Å². The second-order valence-electron chi connectivity index (χ2n) is 6.10. The van der Waals surface area contributed by atoms with E-state index < -0.39 is 0 Å². The first-order chi connectivity index (χ1) is 11.2. The Labute approximate surface area is 137 Å². The third kappa shape index (κ3) is 3.92. The average Bonchev–Trinajstić information content (AvgIpc) is 2.78. The number of nitrogens with zero attached hydrogens (tertiary/aromatic N) is 4. The van der Waals surface area contributed by atoms with Crippen molar-refractivity contribution >= 4 is 5.96 Å². The number of benzene rings is 1. The lowest BCUT2D eigenvalue weighted by Crippen LogP contribution is -2.38. The van der Waals surface area contributed by atoms with Gasteiger partial charge in [0.1, 0.15) is 0 Å². The van der Waals surface area contributed by atoms with E-state index in [1.165, 1.54) is 25.7 Å². The maximum atomic E-state index is 6.18. The first-order valence-electron chi connectivity index (χ1n) is 8.39. The van der Waals surface area contributed by atoms with Gasteiger partial charge in [0.05, 0.1) is 17.9 Å². The molecule has 2 heterocycles. The van der Waals surface area contributed by atoms with Gasteiger partial charge in [0, 0.05) is 24.8 Å². The maximum absolute atomic E-state index is 6.18. The molecule has 1 fully saturated rings. The smallest absolute Gasteiger partial charge is 0.191 e. The molecule has 0 atom stereocenters. The summed E-state index contributed by atoms with van der Waals surface area (Å²) in [6.07, 6.45) is 7.06. The van der Waals surface area contributed by atoms with Crippen LogP contribution in [0.2, 0.25) is 0 Å². The highest BCUT2D eigenvalue weighted by Crippen LogP contribution is 2.13. The molecular formula is C18H25N5. The van der Waals surface area contributed by atoms with E-state index in [0.29, 0.717) is 12.5 Å². The number of nitrogens with two attached hydrogens (primary N) is 1. The lowest BCUT2D eigenvalue weighted by molar-refractivity contribution is 0.428. The van der Waals surface area contributed by atoms with Crippen LogP contribution in [-0.2, 0) is 6.54 Å². The first-order valence-corrected chi connectivity index (χ1v) is 8.39. The van der Waals surface area contributed by atoms with E-state index in [9.17, 15) is 0 Å². The third-order valence-corrected chi connectivity index (χ3v) is 4.36. The highest BCUT2D eigenvalue weighted by atomic mass is 15.3. The van der Waals surface area contributed by atoms with Crippen LogP contribution in [0.25, 0.3) is 5.69 Å². The molecule has 122 valence electrons. The van der Waals surface area contributed by atoms with Crippen molar-refractivity contribution in [1.29, 1.82) is 0 Å². The summed E-state index contributed by atoms with van der Waals surface area (Å²) in [5, 5.41) is 4.58. The Kier molecular flexibility index (Phi) is 4.95. The molecular weight excluding hydrogens is 286 g/mol. The summed E-state index contributed by atoms with van der Waals surface area (Å²) in [6.45, 7) is 4.66. The van der Waals surface area contributed by atoms with E-state index in [-0.39, 0.29) is 0 Å². The molecule has 1 aliphatic heterocycles. The largest absolute Gasteiger partial charge is 0.370 e. The summed E-state index contributed by atoms with van der Waals surface area (Å²) in [4.78, 5) is 6.81. The van der Waals surface area contributed by atoms with Crippen molar-refractivity contribution in [2.45, 2.75) is 39.2 Å². The fraction of sp³-hybridized carbons (Fsp3) is 0.444. The fourth-order valence-electron chi connectivity index (χ4n) is 2.93. The van der Waals surface area contributed by atoms with Gasteiger partial charge >= 0.3 is 0 Å². The molecule has 0 amide bonds. The zero-order valence-corrected chi connectivity index (χ0v) is 13.8. The molecule has 1 saturated heterocycles. The highest BCUT2D eigenvalue weighted by Gasteiger charge is 2.11. The maximum Gasteiger partial charge on any atom is 0.191 e. The first kappa shape index (κ1) is 15.6. The van der Waals surface area contributed by atoms with Crippen LogP contribution in [0.1, 0.15) is 36.9 Å². The molecule has 0 spiro atoms. The summed E-state index contributed by atoms with van der Waals surface area (Å²) in [7, 11) is 0. The topological polar surface area (TPSA) is 59.4 Å². The number of aliphatic imine (C=N–C) groups is 1. The molecule has 0 aliphatic carbocycles. The van der Waals surface area contributed by atoms with Gasteiger partial charge in [-0.2, -0.15) is 5.10 Å². The van der Waals surface area contributed by atoms with Crippen LogP contribution in [0.3, 0.4) is 0 Å². The van der Waals surface area contributed by atoms with Crippen molar-refractivity contribution in [1.82, 2.24) is 14.7 Å². The second-order valence-corrected chi connectivity index (χ2v) is 6.10. The average molecular weight is 311 g/mol. The molecule has 23 heavy (non-hydrogen) atoms. The van der Waals surface area contributed by atoms with Crippen LogP contribution in [0.5, 0.6) is 0 Å². The van der Waals surface area contributed by atoms with Crippen LogP contribution in [-0.4, -0.2) is 33.7 Å². The molecule has 3 rings (SSSR count). The molecule has 1 aliphatic rings. The Bertz CT molecular complexity index is 651. The van der Waals surface area contributed by atoms with Crippen LogP contribution < -0.4 is 5.73 Å². The van der Waals surface area contributed by atoms with E-state index in [1.54, 1.807) is 0 Å². The molecule has 2 N–H and O–H groups in total. The van der Waals surface area contributed by atoms with Crippen molar-refractivity contribution < 1.29 is 0 Å². The number of para-hydroxylation sites is 1. The van der Waals surface area contributed by atoms with Gasteiger partial charge in [0.25, 0.3) is 0 Å². The lowest BCUT2D eigenvalue weighted by Gasteiger charge is -2.20. The summed E-state index contributed by atoms with van der Waals surface area (Å²) in [5.74, 6) is 0.666. The lowest BCUT2D eigenvalue weighted by atomic mass is 10.2. The van der Waals surface area contributed by atoms with Gasteiger partial charge in [-0.3, -0.25) is 0 Å². The number of aromatic nitrogens is 2. The summed E-state index contributed by atoms with van der Waals surface area (Å²) in [5.41, 5.74) is 9.36. The van der Waals surface area contributed by atoms with E-state index >= 15 is 0 Å². The quantitative estimate of drug-likeness (QED) is 0.700. The van der Waals surface area contributed by atoms with Crippen molar-refractivity contribution in [3.63, 3.8) is 0 Å². The number of aryl methyl sites for hydroxylation is 1. The normalized spacial score (nSPS) is 16.4. The molecule has 0 saturated carbocycles. The van der Waals surface area contributed by atoms with E-state index in [1.807, 2.05) is 48.1 Å². The van der Waals surface area contributed by atoms with Gasteiger partial charge in [-0.1, -0.05) is 31.0 Å². The van der Waals surface area contributed by atoms with E-state index in [4.69, 9.17) is 5.73 Å². The molecule has 0 radical (unpaired) electrons. The Hall–Kier alpha value is -2.30. The van der Waals surface area contributed by atoms with Gasteiger partial charge in [-0.05, 0) is 31.9 Å². The fourth-order valence-corrected chi connectivity index (χ4v) is 2.93. The Morgan fingerprint density at radius 1 is 1.13 bits per heavy atom. The van der Waals surface area contributed by atoms with Gasteiger partial charge in [-0.15, -0.1) is 0 Å². The SMILES string of the molecule is Cc1nn(-c2ccccc2)cc1CN=C(N)N1CCCCCC1. The number of guanidine groups is 1. The Balaban J connectivity index is 1.70. The molecule has 0 unspecified atom stereocenters. The van der Waals surface area contributed by atoms with Gasteiger partial charge in [0.15, 0.2) is 5.96 Å². The number of rotatable bonds is 3. The summed E-state index contributed by atoms with van der Waals surface area (Å²) >= 11 is 0. The second kappa shape index (κ2) is 7.31. The monoisotopic (exact) mass is 311 g/mol. The summed E-state index contributed by atoms with van der Waals surface area (Å²) in [6, 6.07) is 10.1. The van der Waals surface area contributed by atoms with Crippen molar-refractivity contribution in [2.24, 2.45) is 10.7 Å². The van der Waals surface area contributed by atoms with Crippen molar-refractivity contribution in [3.8, 4) is 5.69 Å². The minimum atomic E-state index is 0.584. The molecule has 5 heteroatoms. The van der Waals surface area contributed by atoms with Crippen LogP contribution in [0.15, 0.2) is 41.5 Å². The zero-order valence-electron chi connectivity index (χ0n) is 13.8. The van der Waals surface area contributed by atoms with Gasteiger partial charge in [-0.25, -0.2) is 9.67 Å². The van der Waals surface area contributed by atoms with E-state index in [2.05, 4.69) is 15.0 Å². The standard InChI is InChI=1S/C18H25N5/c1-15-16(14-23(21-15)17-9-5-4-6-10-17)13-20-18(19)22-11-7-2-3-8-12-22/h4-6,9-10,14H,2-3,7-8,11-13H2,1H3,(H2,19,20). The van der Waals surface area contributed by atoms with Crippen molar-refractivity contribution in [3.05, 3.63) is 47.8 Å². The molecule has 0 bridgehead atoms. The predicted molar refractivity (Wildman–Crippen MR) is 93.7 cm³/mol. The molecule has 5 nitrogen and oxygen atoms in total. The van der Waals surface area contributed by atoms with Crippen LogP contribution in [0.4, 0.5) is 0 Å². The molecule has 1 aromatic carbocycles. The number of hydrogen-bond acceptors (Lipinski definition) is 2. The Morgan fingerprint density at radius 2 is 1.83 bits per heavy atom. The van der Waals surface area contributed by atoms with Crippen LogP contribution >= 0.6 is 0 Å². The number of hydrogen-bond donors (Lipinski definition) is 1. The minimum Gasteiger partial charge on any atom is -0.370 e. The van der Waals surface area contributed by atoms with E-state index in [0.717, 1.165) is 30.0 Å². The predicted octanol–water partition coefficient (Wildman–Crippen LogP) is 2.87. The number of likely N-dealkylation sites (tertiary alicyclic amines) is 1. The summed E-state index contributed by atoms with van der Waals surface area (Å²) < 4.78 is 1.91. The van der Waals surface area contributed by atoms with Gasteiger partial charge < -0.3 is 10.6 Å². The highest BCUT2D eigenvalue weighted by molar-refractivity contribution is 5.78. The van der Waals surface area contributed by atoms with Gasteiger partial charge in [0.2, 0.25) is 0 Å². The molecule has 1 aromatic heterocycles. The zero-order chi connectivity index (χ0) is 16.1. The third-order valence-electron chi connectivity index (χ3n) is 4.36. The Morgan fingerprint density at radius 3 is 2.52 bits per heavy atom.